The van der Waals surface area contributed by atoms with Crippen molar-refractivity contribution in [3.63, 3.8) is 0 Å². The number of amides is 1. The maximum absolute atomic E-state index is 12.4. The van der Waals surface area contributed by atoms with E-state index in [1.54, 1.807) is 18.5 Å². The van der Waals surface area contributed by atoms with Crippen LogP contribution in [0.4, 0.5) is 0 Å². The van der Waals surface area contributed by atoms with Crippen molar-refractivity contribution in [3.8, 4) is 6.01 Å². The highest BCUT2D eigenvalue weighted by Gasteiger charge is 2.25. The number of aromatic nitrogens is 2. The first-order valence-corrected chi connectivity index (χ1v) is 9.06. The van der Waals surface area contributed by atoms with E-state index in [4.69, 9.17) is 4.74 Å². The fourth-order valence-electron chi connectivity index (χ4n) is 3.16. The number of ether oxygens (including phenoxy) is 1. The lowest BCUT2D eigenvalue weighted by Gasteiger charge is -2.32. The van der Waals surface area contributed by atoms with Crippen LogP contribution in [0.25, 0.3) is 0 Å². The van der Waals surface area contributed by atoms with E-state index < -0.39 is 0 Å². The smallest absolute Gasteiger partial charge is 0.316 e. The topological polar surface area (TPSA) is 55.3 Å². The van der Waals surface area contributed by atoms with Gasteiger partial charge in [-0.2, -0.15) is 0 Å². The minimum atomic E-state index is -0.00980. The number of hydrogen-bond donors (Lipinski definition) is 0. The van der Waals surface area contributed by atoms with Crippen LogP contribution in [0.1, 0.15) is 37.7 Å². The third kappa shape index (κ3) is 5.55. The number of rotatable bonds is 7. The van der Waals surface area contributed by atoms with E-state index in [1.165, 1.54) is 5.56 Å². The molecular weight excluding hydrogens is 314 g/mol. The predicted molar refractivity (Wildman–Crippen MR) is 96.3 cm³/mol. The van der Waals surface area contributed by atoms with Gasteiger partial charge in [0.15, 0.2) is 0 Å². The summed E-state index contributed by atoms with van der Waals surface area (Å²) in [5.41, 5.74) is 1.34. The van der Waals surface area contributed by atoms with Gasteiger partial charge in [-0.1, -0.05) is 30.3 Å². The molecule has 3 rings (SSSR count). The highest BCUT2D eigenvalue weighted by atomic mass is 16.5. The van der Waals surface area contributed by atoms with Crippen molar-refractivity contribution < 1.29 is 9.53 Å². The van der Waals surface area contributed by atoms with Crippen LogP contribution in [-0.4, -0.2) is 40.0 Å². The third-order valence-corrected chi connectivity index (χ3v) is 4.49. The number of hydrogen-bond acceptors (Lipinski definition) is 4. The van der Waals surface area contributed by atoms with E-state index in [9.17, 15) is 4.79 Å². The van der Waals surface area contributed by atoms with Gasteiger partial charge in [0.05, 0.1) is 6.54 Å². The number of nitrogens with zero attached hydrogens (tertiary/aromatic N) is 3. The summed E-state index contributed by atoms with van der Waals surface area (Å²) >= 11 is 0. The Bertz CT molecular complexity index is 649. The van der Waals surface area contributed by atoms with Gasteiger partial charge in [0.2, 0.25) is 5.91 Å². The lowest BCUT2D eigenvalue weighted by molar-refractivity contribution is -0.134. The monoisotopic (exact) mass is 339 g/mol. The molecule has 1 aliphatic rings. The molecule has 1 saturated heterocycles. The van der Waals surface area contributed by atoms with Crippen molar-refractivity contribution >= 4 is 5.91 Å². The molecule has 0 bridgehead atoms. The molecule has 1 aromatic heterocycles. The van der Waals surface area contributed by atoms with Gasteiger partial charge in [-0.15, -0.1) is 0 Å². The van der Waals surface area contributed by atoms with Crippen LogP contribution in [0.15, 0.2) is 48.8 Å². The highest BCUT2D eigenvalue weighted by Crippen LogP contribution is 2.17. The zero-order chi connectivity index (χ0) is 17.3. The highest BCUT2D eigenvalue weighted by molar-refractivity contribution is 5.76. The molecule has 1 aromatic carbocycles. The molecule has 132 valence electrons. The first-order valence-electron chi connectivity index (χ1n) is 9.06. The van der Waals surface area contributed by atoms with Crippen LogP contribution in [0.5, 0.6) is 6.01 Å². The molecule has 0 N–H and O–H groups in total. The molecule has 5 nitrogen and oxygen atoms in total. The van der Waals surface area contributed by atoms with E-state index in [0.717, 1.165) is 38.6 Å². The first kappa shape index (κ1) is 17.4. The van der Waals surface area contributed by atoms with E-state index in [0.29, 0.717) is 19.0 Å². The molecular formula is C20H25N3O2. The van der Waals surface area contributed by atoms with Gasteiger partial charge in [0, 0.05) is 25.4 Å². The molecule has 1 aliphatic heterocycles. The van der Waals surface area contributed by atoms with E-state index >= 15 is 0 Å². The fraction of sp³-hybridized carbons (Fsp3) is 0.450. The molecule has 1 fully saturated rings. The predicted octanol–water partition coefficient (Wildman–Crippen LogP) is 3.26. The van der Waals surface area contributed by atoms with Gasteiger partial charge in [0.1, 0.15) is 6.10 Å². The van der Waals surface area contributed by atoms with Gasteiger partial charge in [0.25, 0.3) is 0 Å². The Labute approximate surface area is 149 Å². The molecule has 25 heavy (non-hydrogen) atoms. The number of likely N-dealkylation sites (tertiary alicyclic amines) is 1. The second-order valence-electron chi connectivity index (χ2n) is 6.45. The van der Waals surface area contributed by atoms with Crippen molar-refractivity contribution in [1.82, 2.24) is 14.9 Å². The van der Waals surface area contributed by atoms with Gasteiger partial charge < -0.3 is 9.64 Å². The quantitative estimate of drug-likeness (QED) is 0.727. The van der Waals surface area contributed by atoms with Crippen molar-refractivity contribution in [2.24, 2.45) is 0 Å². The van der Waals surface area contributed by atoms with Crippen molar-refractivity contribution in [2.75, 3.05) is 13.1 Å². The van der Waals surface area contributed by atoms with Gasteiger partial charge in [-0.05, 0) is 43.7 Å². The number of unbranched alkanes of at least 4 members (excludes halogenated alkanes) is 1. The van der Waals surface area contributed by atoms with Crippen LogP contribution in [0.3, 0.4) is 0 Å². The standard InChI is InChI=1S/C20H25N3O2/c24-19(12-5-4-10-17-8-2-1-3-9-17)23-15-6-11-18(16-23)25-20-21-13-7-14-22-20/h1-3,7-9,13-14,18H,4-6,10-12,15-16H2. The summed E-state index contributed by atoms with van der Waals surface area (Å²) in [6, 6.07) is 12.6. The number of piperidine rings is 1. The first-order chi connectivity index (χ1) is 12.3. The van der Waals surface area contributed by atoms with Gasteiger partial charge in [-0.3, -0.25) is 4.79 Å². The maximum atomic E-state index is 12.4. The Hall–Kier alpha value is -2.43. The molecule has 0 saturated carbocycles. The van der Waals surface area contributed by atoms with Gasteiger partial charge in [-0.25, -0.2) is 9.97 Å². The average Bonchev–Trinajstić information content (AvgIpc) is 2.67. The Morgan fingerprint density at radius 2 is 1.92 bits per heavy atom. The van der Waals surface area contributed by atoms with Crippen LogP contribution >= 0.6 is 0 Å². The summed E-state index contributed by atoms with van der Waals surface area (Å²) in [6.45, 7) is 1.46. The summed E-state index contributed by atoms with van der Waals surface area (Å²) < 4.78 is 5.80. The largest absolute Gasteiger partial charge is 0.458 e. The van der Waals surface area contributed by atoms with Gasteiger partial charge >= 0.3 is 6.01 Å². The normalized spacial score (nSPS) is 17.3. The van der Waals surface area contributed by atoms with E-state index in [-0.39, 0.29) is 12.0 Å². The van der Waals surface area contributed by atoms with E-state index in [1.807, 2.05) is 11.0 Å². The fourth-order valence-corrected chi connectivity index (χ4v) is 3.16. The Morgan fingerprint density at radius 3 is 2.72 bits per heavy atom. The van der Waals surface area contributed by atoms with Crippen molar-refractivity contribution in [1.29, 1.82) is 0 Å². The maximum Gasteiger partial charge on any atom is 0.316 e. The summed E-state index contributed by atoms with van der Waals surface area (Å²) in [6.07, 6.45) is 8.85. The number of aryl methyl sites for hydroxylation is 1. The second kappa shape index (κ2) is 9.16. The second-order valence-corrected chi connectivity index (χ2v) is 6.45. The molecule has 1 atom stereocenters. The molecule has 1 unspecified atom stereocenters. The minimum absolute atomic E-state index is 0.00980. The zero-order valence-electron chi connectivity index (χ0n) is 14.5. The summed E-state index contributed by atoms with van der Waals surface area (Å²) in [5.74, 6) is 0.232. The zero-order valence-corrected chi connectivity index (χ0v) is 14.5. The Kier molecular flexibility index (Phi) is 6.37. The number of benzene rings is 1. The molecule has 1 amide bonds. The summed E-state index contributed by atoms with van der Waals surface area (Å²) in [5, 5.41) is 0. The van der Waals surface area contributed by atoms with E-state index in [2.05, 4.69) is 34.2 Å². The Balaban J connectivity index is 1.39. The number of carbonyl (C=O) groups excluding carboxylic acids is 1. The van der Waals surface area contributed by atoms with Crippen LogP contribution < -0.4 is 4.74 Å². The molecule has 2 heterocycles. The molecule has 0 spiro atoms. The van der Waals surface area contributed by atoms with Crippen LogP contribution in [0.2, 0.25) is 0 Å². The SMILES string of the molecule is O=C(CCCCc1ccccc1)N1CCCC(Oc2ncccn2)C1. The average molecular weight is 339 g/mol. The molecule has 2 aromatic rings. The number of carbonyl (C=O) groups is 1. The lowest BCUT2D eigenvalue weighted by atomic mass is 10.1. The molecule has 0 aliphatic carbocycles. The van der Waals surface area contributed by atoms with Crippen molar-refractivity contribution in [2.45, 2.75) is 44.6 Å². The molecule has 0 radical (unpaired) electrons. The lowest BCUT2D eigenvalue weighted by Crippen LogP contribution is -2.44. The summed E-state index contributed by atoms with van der Waals surface area (Å²) in [7, 11) is 0. The molecule has 5 heteroatoms. The Morgan fingerprint density at radius 1 is 1.12 bits per heavy atom. The van der Waals surface area contributed by atoms with Crippen LogP contribution in [0, 0.1) is 0 Å². The van der Waals surface area contributed by atoms with Crippen molar-refractivity contribution in [3.05, 3.63) is 54.4 Å². The van der Waals surface area contributed by atoms with Crippen LogP contribution in [-0.2, 0) is 11.2 Å². The third-order valence-electron chi connectivity index (χ3n) is 4.49. The summed E-state index contributed by atoms with van der Waals surface area (Å²) in [4.78, 5) is 22.6. The minimum Gasteiger partial charge on any atom is -0.458 e.